The first-order valence-electron chi connectivity index (χ1n) is 20.2. The third-order valence-electron chi connectivity index (χ3n) is 9.81. The predicted octanol–water partition coefficient (Wildman–Crippen LogP) is 8.56. The maximum atomic E-state index is 13.1. The van der Waals surface area contributed by atoms with E-state index in [1.165, 1.54) is 28.6 Å². The molecular weight excluding hydrogens is 733 g/mol. The van der Waals surface area contributed by atoms with E-state index in [0.717, 1.165) is 17.6 Å². The van der Waals surface area contributed by atoms with Crippen LogP contribution in [0, 0.1) is 5.92 Å². The Morgan fingerprint density at radius 2 is 1.51 bits per heavy atom. The van der Waals surface area contributed by atoms with Crippen molar-refractivity contribution in [1.82, 2.24) is 0 Å². The quantitative estimate of drug-likeness (QED) is 0.0168. The van der Waals surface area contributed by atoms with Crippen LogP contribution in [0.25, 0.3) is 0 Å². The molecule has 0 spiro atoms. The molecule has 0 amide bonds. The molecule has 0 aliphatic heterocycles. The number of hydrogen-bond donors (Lipinski definition) is 2. The Bertz CT molecular complexity index is 1520. The molecule has 0 saturated heterocycles. The summed E-state index contributed by atoms with van der Waals surface area (Å²) in [7, 11) is -1.13. The molecule has 2 N–H and O–H groups in total. The van der Waals surface area contributed by atoms with E-state index in [1.807, 2.05) is 37.3 Å². The number of carbonyl (C=O) groups excluding carboxylic acids is 1. The molecule has 0 saturated carbocycles. The Balaban J connectivity index is 2.25. The van der Waals surface area contributed by atoms with Crippen LogP contribution in [0.15, 0.2) is 134 Å². The number of aliphatic hydroxyl groups is 2. The molecule has 2 rings (SSSR count). The maximum Gasteiger partial charge on any atom is 0.330 e. The van der Waals surface area contributed by atoms with Gasteiger partial charge in [-0.15, -0.1) is 13.2 Å². The third kappa shape index (κ3) is 17.8. The van der Waals surface area contributed by atoms with Crippen LogP contribution >= 0.6 is 0 Å². The average molecular weight is 803 g/mol. The molecule has 8 nitrogen and oxygen atoms in total. The van der Waals surface area contributed by atoms with Crippen molar-refractivity contribution >= 4 is 24.7 Å². The zero-order valence-corrected chi connectivity index (χ0v) is 36.6. The van der Waals surface area contributed by atoms with Gasteiger partial charge in [0.15, 0.2) is 0 Å². The number of aliphatic hydroxyl groups excluding tert-OH is 2. The van der Waals surface area contributed by atoms with Gasteiger partial charge in [-0.2, -0.15) is 0 Å². The summed E-state index contributed by atoms with van der Waals surface area (Å²) in [5, 5.41) is 22.4. The van der Waals surface area contributed by atoms with Crippen molar-refractivity contribution in [3.05, 3.63) is 134 Å². The molecule has 0 bridgehead atoms. The summed E-state index contributed by atoms with van der Waals surface area (Å²) in [5.41, 5.74) is 2.12. The molecule has 0 fully saturated rings. The summed E-state index contributed by atoms with van der Waals surface area (Å²) < 4.78 is 29.5. The van der Waals surface area contributed by atoms with Gasteiger partial charge in [0.1, 0.15) is 12.9 Å². The van der Waals surface area contributed by atoms with Gasteiger partial charge in [-0.25, -0.2) is 4.79 Å². The van der Waals surface area contributed by atoms with Gasteiger partial charge in [0, 0.05) is 25.5 Å². The lowest BCUT2D eigenvalue weighted by Gasteiger charge is -2.43. The van der Waals surface area contributed by atoms with Gasteiger partial charge in [-0.05, 0) is 61.4 Å². The SMILES string of the molecule is C=C[C@@H](O)CCC/C=C/C(=O)O[C@H](C/C(C)=C/C=C/CC[C@H](OCOCCOC)[C@@H](O)C=C)[C@H](C)/C=C(\C)CO[Si](c1ccccc1)(c1ccccc1)C(C)(C)C. The molecule has 0 radical (unpaired) electrons. The summed E-state index contributed by atoms with van der Waals surface area (Å²) in [6.45, 7) is 21.7. The predicted molar refractivity (Wildman–Crippen MR) is 236 cm³/mol. The van der Waals surface area contributed by atoms with Gasteiger partial charge < -0.3 is 33.6 Å². The van der Waals surface area contributed by atoms with Gasteiger partial charge in [0.2, 0.25) is 0 Å². The van der Waals surface area contributed by atoms with Crippen LogP contribution in [0.2, 0.25) is 5.04 Å². The highest BCUT2D eigenvalue weighted by atomic mass is 28.4. The number of ether oxygens (including phenoxy) is 4. The van der Waals surface area contributed by atoms with E-state index < -0.39 is 38.7 Å². The molecule has 0 aliphatic rings. The second-order valence-electron chi connectivity index (χ2n) is 15.6. The number of allylic oxidation sites excluding steroid dienone is 4. The second-order valence-corrected chi connectivity index (χ2v) is 19.9. The fourth-order valence-electron chi connectivity index (χ4n) is 6.67. The lowest BCUT2D eigenvalue weighted by molar-refractivity contribution is -0.144. The van der Waals surface area contributed by atoms with Crippen molar-refractivity contribution in [2.24, 2.45) is 5.92 Å². The highest BCUT2D eigenvalue weighted by Gasteiger charge is 2.50. The zero-order chi connectivity index (χ0) is 42.1. The minimum atomic E-state index is -2.73. The largest absolute Gasteiger partial charge is 0.458 e. The number of unbranched alkanes of at least 4 members (excludes halogenated alkanes) is 1. The minimum absolute atomic E-state index is 0.0626. The Morgan fingerprint density at radius 3 is 2.09 bits per heavy atom. The van der Waals surface area contributed by atoms with E-state index in [2.05, 4.69) is 102 Å². The smallest absolute Gasteiger partial charge is 0.330 e. The summed E-state index contributed by atoms with van der Waals surface area (Å²) in [4.78, 5) is 13.1. The van der Waals surface area contributed by atoms with Crippen molar-refractivity contribution < 1.29 is 38.4 Å². The monoisotopic (exact) mass is 802 g/mol. The maximum absolute atomic E-state index is 13.1. The topological polar surface area (TPSA) is 104 Å². The molecule has 5 atom stereocenters. The van der Waals surface area contributed by atoms with Crippen LogP contribution in [0.3, 0.4) is 0 Å². The molecule has 2 aromatic rings. The van der Waals surface area contributed by atoms with Gasteiger partial charge in [-0.3, -0.25) is 0 Å². The van der Waals surface area contributed by atoms with Crippen molar-refractivity contribution in [2.45, 2.75) is 110 Å². The van der Waals surface area contributed by atoms with Gasteiger partial charge in [0.05, 0.1) is 38.1 Å². The molecule has 0 heterocycles. The Kier molecular flexibility index (Phi) is 23.5. The van der Waals surface area contributed by atoms with Gasteiger partial charge in [-0.1, -0.05) is 142 Å². The molecule has 2 aromatic carbocycles. The van der Waals surface area contributed by atoms with Crippen molar-refractivity contribution in [3.8, 4) is 0 Å². The van der Waals surface area contributed by atoms with Crippen molar-refractivity contribution in [3.63, 3.8) is 0 Å². The van der Waals surface area contributed by atoms with Crippen LogP contribution in [0.5, 0.6) is 0 Å². The Labute approximate surface area is 344 Å². The molecule has 0 aliphatic carbocycles. The van der Waals surface area contributed by atoms with E-state index >= 15 is 0 Å². The van der Waals surface area contributed by atoms with Crippen molar-refractivity contribution in [2.75, 3.05) is 33.7 Å². The molecule has 57 heavy (non-hydrogen) atoms. The first-order chi connectivity index (χ1) is 27.3. The summed E-state index contributed by atoms with van der Waals surface area (Å²) >= 11 is 0. The number of benzene rings is 2. The van der Waals surface area contributed by atoms with E-state index in [1.54, 1.807) is 13.2 Å². The highest BCUT2D eigenvalue weighted by molar-refractivity contribution is 6.99. The minimum Gasteiger partial charge on any atom is -0.458 e. The fourth-order valence-corrected chi connectivity index (χ4v) is 11.3. The van der Waals surface area contributed by atoms with Crippen LogP contribution < -0.4 is 10.4 Å². The molecule has 9 heteroatoms. The number of esters is 1. The Morgan fingerprint density at radius 1 is 0.860 bits per heavy atom. The van der Waals surface area contributed by atoms with E-state index in [4.69, 9.17) is 23.4 Å². The van der Waals surface area contributed by atoms with Gasteiger partial charge in [0.25, 0.3) is 8.32 Å². The first kappa shape index (κ1) is 49.5. The van der Waals surface area contributed by atoms with E-state index in [9.17, 15) is 15.0 Å². The van der Waals surface area contributed by atoms with Crippen LogP contribution in [-0.2, 0) is 28.2 Å². The molecule has 0 aromatic heterocycles. The average Bonchev–Trinajstić information content (AvgIpc) is 3.19. The number of rotatable bonds is 28. The standard InChI is InChI=1S/C48H70O8Si/c1-10-41(49)25-17-13-23-31-47(51)56-46(35-38(3)24-16-12-22-30-45(44(50)11-2)54-37-53-33-32-52-9)40(5)34-39(4)36-55-57(48(6,7)8,42-26-18-14-19-27-42)43-28-20-15-21-29-43/h10-12,14-16,18-21,23-24,26-29,31,34,40-41,44-46,49-50H,1-2,13,17,22,25,30,32-33,35-37H2,3-9H3/b16-12+,31-23+,38-24+,39-34+/t40-,41-,44+,45+,46-/m1/s1. The normalized spacial score (nSPS) is 15.7. The second kappa shape index (κ2) is 27.1. The molecule has 0 unspecified atom stereocenters. The van der Waals surface area contributed by atoms with Crippen molar-refractivity contribution in [1.29, 1.82) is 0 Å². The third-order valence-corrected chi connectivity index (χ3v) is 14.8. The Hall–Kier alpha value is -3.67. The molecular formula is C48H70O8Si. The number of carbonyl (C=O) groups is 1. The summed E-state index contributed by atoms with van der Waals surface area (Å²) in [6, 6.07) is 21.2. The van der Waals surface area contributed by atoms with E-state index in [-0.39, 0.29) is 17.7 Å². The summed E-state index contributed by atoms with van der Waals surface area (Å²) in [6.07, 6.45) is 16.1. The van der Waals surface area contributed by atoms with Crippen LogP contribution in [-0.4, -0.2) is 82.6 Å². The number of hydrogen-bond acceptors (Lipinski definition) is 8. The lowest BCUT2D eigenvalue weighted by atomic mass is 9.95. The zero-order valence-electron chi connectivity index (χ0n) is 35.6. The van der Waals surface area contributed by atoms with Gasteiger partial charge >= 0.3 is 5.97 Å². The fraction of sp³-hybridized carbons (Fsp3) is 0.479. The lowest BCUT2D eigenvalue weighted by Crippen LogP contribution is -2.66. The number of methoxy groups -OCH3 is 1. The molecule has 314 valence electrons. The highest BCUT2D eigenvalue weighted by Crippen LogP contribution is 2.37. The summed E-state index contributed by atoms with van der Waals surface area (Å²) in [5.74, 6) is -0.503. The first-order valence-corrected chi connectivity index (χ1v) is 22.1. The van der Waals surface area contributed by atoms with Crippen LogP contribution in [0.4, 0.5) is 0 Å². The van der Waals surface area contributed by atoms with E-state index in [0.29, 0.717) is 51.9 Å². The van der Waals surface area contributed by atoms with Crippen LogP contribution in [0.1, 0.15) is 80.1 Å².